The third-order valence-corrected chi connectivity index (χ3v) is 5.62. The number of nitrogens with zero attached hydrogens (tertiary/aromatic N) is 1. The van der Waals surface area contributed by atoms with Crippen LogP contribution in [-0.2, 0) is 14.8 Å². The number of hydrogen-bond acceptors (Lipinski definition) is 4. The number of benzene rings is 2. The average Bonchev–Trinajstić information content (AvgIpc) is 2.61. The molecule has 28 heavy (non-hydrogen) atoms. The van der Waals surface area contributed by atoms with Crippen LogP contribution in [0.15, 0.2) is 42.5 Å². The van der Waals surface area contributed by atoms with E-state index in [2.05, 4.69) is 5.32 Å². The predicted octanol–water partition coefficient (Wildman–Crippen LogP) is 3.17. The highest BCUT2D eigenvalue weighted by atomic mass is 32.2. The van der Waals surface area contributed by atoms with Gasteiger partial charge in [0.2, 0.25) is 15.9 Å². The molecule has 0 spiro atoms. The number of carbonyl (C=O) groups is 1. The number of anilines is 1. The van der Waals surface area contributed by atoms with Gasteiger partial charge in [0.25, 0.3) is 0 Å². The molecule has 2 aromatic carbocycles. The molecule has 0 bridgehead atoms. The Bertz CT molecular complexity index is 945. The number of sulfonamides is 1. The number of amides is 1. The van der Waals surface area contributed by atoms with Gasteiger partial charge in [-0.3, -0.25) is 9.10 Å². The standard InChI is InChI=1S/C20H25FN2O4S/c1-13-6-11-19(27-4)18(12-13)23(28(5,25)26)15(3)20(24)22-14(2)16-7-9-17(21)10-8-16/h6-12,14-15H,1-5H3,(H,22,24)/t14-,15-/m0/s1. The maximum Gasteiger partial charge on any atom is 0.244 e. The van der Waals surface area contributed by atoms with E-state index in [9.17, 15) is 17.6 Å². The van der Waals surface area contributed by atoms with Gasteiger partial charge in [-0.25, -0.2) is 12.8 Å². The van der Waals surface area contributed by atoms with Crippen LogP contribution in [0.1, 0.15) is 31.0 Å². The maximum atomic E-state index is 13.1. The second-order valence-electron chi connectivity index (χ2n) is 6.69. The van der Waals surface area contributed by atoms with E-state index in [1.54, 1.807) is 37.3 Å². The van der Waals surface area contributed by atoms with E-state index in [-0.39, 0.29) is 5.82 Å². The Labute approximate surface area is 165 Å². The molecule has 2 atom stereocenters. The fourth-order valence-corrected chi connectivity index (χ4v) is 4.09. The van der Waals surface area contributed by atoms with E-state index in [0.717, 1.165) is 16.1 Å². The van der Waals surface area contributed by atoms with Crippen molar-refractivity contribution in [2.24, 2.45) is 0 Å². The van der Waals surface area contributed by atoms with Gasteiger partial charge in [-0.1, -0.05) is 18.2 Å². The Morgan fingerprint density at radius 3 is 2.29 bits per heavy atom. The molecule has 0 unspecified atom stereocenters. The fraction of sp³-hybridized carbons (Fsp3) is 0.350. The van der Waals surface area contributed by atoms with Crippen molar-refractivity contribution >= 4 is 21.6 Å². The van der Waals surface area contributed by atoms with Gasteiger partial charge in [0, 0.05) is 0 Å². The van der Waals surface area contributed by atoms with Gasteiger partial charge >= 0.3 is 0 Å². The van der Waals surface area contributed by atoms with Crippen molar-refractivity contribution < 1.29 is 22.3 Å². The molecule has 8 heteroatoms. The SMILES string of the molecule is COc1ccc(C)cc1N([C@@H](C)C(=O)N[C@@H](C)c1ccc(F)cc1)S(C)(=O)=O. The largest absolute Gasteiger partial charge is 0.495 e. The Balaban J connectivity index is 2.33. The second-order valence-corrected chi connectivity index (χ2v) is 8.55. The topological polar surface area (TPSA) is 75.7 Å². The van der Waals surface area contributed by atoms with Crippen LogP contribution in [0.25, 0.3) is 0 Å². The molecule has 152 valence electrons. The third-order valence-electron chi connectivity index (χ3n) is 4.39. The van der Waals surface area contributed by atoms with E-state index in [1.807, 2.05) is 6.92 Å². The van der Waals surface area contributed by atoms with Crippen molar-refractivity contribution in [3.05, 3.63) is 59.4 Å². The summed E-state index contributed by atoms with van der Waals surface area (Å²) in [5, 5.41) is 2.78. The Morgan fingerprint density at radius 2 is 1.75 bits per heavy atom. The summed E-state index contributed by atoms with van der Waals surface area (Å²) in [6.07, 6.45) is 1.04. The lowest BCUT2D eigenvalue weighted by molar-refractivity contribution is -0.122. The van der Waals surface area contributed by atoms with Crippen LogP contribution in [0.5, 0.6) is 5.75 Å². The lowest BCUT2D eigenvalue weighted by Crippen LogP contribution is -2.48. The monoisotopic (exact) mass is 408 g/mol. The van der Waals surface area contributed by atoms with Gasteiger partial charge in [-0.15, -0.1) is 0 Å². The molecule has 0 heterocycles. The fourth-order valence-electron chi connectivity index (χ4n) is 2.92. The molecule has 6 nitrogen and oxygen atoms in total. The maximum absolute atomic E-state index is 13.1. The second kappa shape index (κ2) is 8.60. The van der Waals surface area contributed by atoms with E-state index < -0.39 is 28.0 Å². The average molecular weight is 408 g/mol. The van der Waals surface area contributed by atoms with Crippen LogP contribution in [-0.4, -0.2) is 33.7 Å². The number of ether oxygens (including phenoxy) is 1. The highest BCUT2D eigenvalue weighted by molar-refractivity contribution is 7.92. The lowest BCUT2D eigenvalue weighted by atomic mass is 10.1. The van der Waals surface area contributed by atoms with Gasteiger partial charge in [-0.05, 0) is 56.2 Å². The Kier molecular flexibility index (Phi) is 6.66. The molecule has 0 aliphatic rings. The summed E-state index contributed by atoms with van der Waals surface area (Å²) >= 11 is 0. The number of aryl methyl sites for hydroxylation is 1. The highest BCUT2D eigenvalue weighted by Crippen LogP contribution is 2.32. The van der Waals surface area contributed by atoms with E-state index in [1.165, 1.54) is 26.2 Å². The van der Waals surface area contributed by atoms with Gasteiger partial charge in [0.05, 0.1) is 25.1 Å². The van der Waals surface area contributed by atoms with Gasteiger partial charge in [0.15, 0.2) is 0 Å². The number of nitrogens with one attached hydrogen (secondary N) is 1. The first-order valence-electron chi connectivity index (χ1n) is 8.74. The van der Waals surface area contributed by atoms with Gasteiger partial charge in [-0.2, -0.15) is 0 Å². The molecule has 0 saturated heterocycles. The van der Waals surface area contributed by atoms with Crippen LogP contribution < -0.4 is 14.4 Å². The van der Waals surface area contributed by atoms with E-state index in [4.69, 9.17) is 4.74 Å². The van der Waals surface area contributed by atoms with E-state index >= 15 is 0 Å². The molecule has 1 amide bonds. The number of methoxy groups -OCH3 is 1. The Hall–Kier alpha value is -2.61. The summed E-state index contributed by atoms with van der Waals surface area (Å²) in [5.41, 5.74) is 1.83. The minimum absolute atomic E-state index is 0.294. The molecule has 0 saturated carbocycles. The summed E-state index contributed by atoms with van der Waals surface area (Å²) in [6.45, 7) is 5.08. The number of halogens is 1. The van der Waals surface area contributed by atoms with Gasteiger partial charge < -0.3 is 10.1 Å². The molecule has 0 fully saturated rings. The zero-order chi connectivity index (χ0) is 21.1. The van der Waals surface area contributed by atoms with Crippen LogP contribution in [0.4, 0.5) is 10.1 Å². The smallest absolute Gasteiger partial charge is 0.244 e. The van der Waals surface area contributed by atoms with Crippen molar-refractivity contribution in [2.45, 2.75) is 32.9 Å². The third kappa shape index (κ3) is 5.01. The summed E-state index contributed by atoms with van der Waals surface area (Å²) in [7, 11) is -2.33. The molecule has 0 aromatic heterocycles. The molecular formula is C20H25FN2O4S. The van der Waals surface area contributed by atoms with Gasteiger partial charge in [0.1, 0.15) is 17.6 Å². The van der Waals surface area contributed by atoms with Crippen LogP contribution in [0.2, 0.25) is 0 Å². The minimum Gasteiger partial charge on any atom is -0.495 e. The lowest BCUT2D eigenvalue weighted by Gasteiger charge is -2.30. The normalized spacial score (nSPS) is 13.5. The summed E-state index contributed by atoms with van der Waals surface area (Å²) < 4.78 is 44.4. The first kappa shape index (κ1) is 21.7. The van der Waals surface area contributed by atoms with Crippen LogP contribution in [0.3, 0.4) is 0 Å². The molecule has 2 rings (SSSR count). The van der Waals surface area contributed by atoms with Crippen LogP contribution in [0, 0.1) is 12.7 Å². The number of carbonyl (C=O) groups excluding carboxylic acids is 1. The molecule has 0 radical (unpaired) electrons. The van der Waals surface area contributed by atoms with Crippen LogP contribution >= 0.6 is 0 Å². The molecule has 0 aliphatic carbocycles. The zero-order valence-corrected chi connectivity index (χ0v) is 17.4. The summed E-state index contributed by atoms with van der Waals surface area (Å²) in [6, 6.07) is 9.44. The van der Waals surface area contributed by atoms with Crippen molar-refractivity contribution in [3.63, 3.8) is 0 Å². The molecule has 2 aromatic rings. The van der Waals surface area contributed by atoms with E-state index in [0.29, 0.717) is 17.0 Å². The summed E-state index contributed by atoms with van der Waals surface area (Å²) in [4.78, 5) is 12.8. The quantitative estimate of drug-likeness (QED) is 0.764. The van der Waals surface area contributed by atoms with Crippen molar-refractivity contribution in [1.82, 2.24) is 5.32 Å². The summed E-state index contributed by atoms with van der Waals surface area (Å²) in [5.74, 6) is -0.501. The van der Waals surface area contributed by atoms with Crippen molar-refractivity contribution in [1.29, 1.82) is 0 Å². The minimum atomic E-state index is -3.77. The first-order valence-corrected chi connectivity index (χ1v) is 10.6. The molecule has 0 aliphatic heterocycles. The number of rotatable bonds is 7. The van der Waals surface area contributed by atoms with Crippen molar-refractivity contribution in [3.8, 4) is 5.75 Å². The first-order chi connectivity index (χ1) is 13.0. The zero-order valence-electron chi connectivity index (χ0n) is 16.6. The molecular weight excluding hydrogens is 383 g/mol. The number of hydrogen-bond donors (Lipinski definition) is 1. The molecule has 1 N–H and O–H groups in total. The Morgan fingerprint density at radius 1 is 1.14 bits per heavy atom. The van der Waals surface area contributed by atoms with Crippen molar-refractivity contribution in [2.75, 3.05) is 17.7 Å². The predicted molar refractivity (Wildman–Crippen MR) is 107 cm³/mol. The highest BCUT2D eigenvalue weighted by Gasteiger charge is 2.32.